The van der Waals surface area contributed by atoms with Gasteiger partial charge in [-0.25, -0.2) is 0 Å². The molecule has 0 spiro atoms. The third-order valence-electron chi connectivity index (χ3n) is 14.6. The van der Waals surface area contributed by atoms with Crippen molar-refractivity contribution in [2.45, 2.75) is 0 Å². The van der Waals surface area contributed by atoms with Crippen LogP contribution in [0.25, 0.3) is 44.2 Å². The molecule has 0 aromatic heterocycles. The molecule has 11 aromatic carbocycles. The summed E-state index contributed by atoms with van der Waals surface area (Å²) in [6, 6.07) is 103. The predicted molar refractivity (Wildman–Crippen MR) is 289 cm³/mol. The van der Waals surface area contributed by atoms with E-state index in [0.29, 0.717) is 0 Å². The van der Waals surface area contributed by atoms with Crippen LogP contribution in [0.2, 0.25) is 0 Å². The summed E-state index contributed by atoms with van der Waals surface area (Å²) in [4.78, 5) is 2.47. The fourth-order valence-electron chi connectivity index (χ4n) is 11.8. The number of fused-ring (bicyclic) bond motifs is 7. The summed E-state index contributed by atoms with van der Waals surface area (Å²) >= 11 is 0. The highest BCUT2D eigenvalue weighted by molar-refractivity contribution is 7.23. The molecule has 0 bridgehead atoms. The van der Waals surface area contributed by atoms with Crippen LogP contribution in [0.3, 0.4) is 0 Å². The molecule has 67 heavy (non-hydrogen) atoms. The molecule has 0 unspecified atom stereocenters. The number of benzene rings is 11. The lowest BCUT2D eigenvalue weighted by Gasteiger charge is -2.33. The highest BCUT2D eigenvalue weighted by atomic mass is 28.3. The van der Waals surface area contributed by atoms with E-state index in [9.17, 15) is 0 Å². The normalized spacial score (nSPS) is 13.6. The molecule has 3 heteroatoms. The van der Waals surface area contributed by atoms with Crippen LogP contribution in [-0.2, 0) is 0 Å². The molecule has 0 aliphatic carbocycles. The minimum Gasteiger partial charge on any atom is -0.310 e. The zero-order valence-corrected chi connectivity index (χ0v) is 38.9. The van der Waals surface area contributed by atoms with Crippen LogP contribution in [0.15, 0.2) is 273 Å². The average Bonchev–Trinajstić information content (AvgIpc) is 3.88. The van der Waals surface area contributed by atoms with Crippen LogP contribution < -0.4 is 46.4 Å². The lowest BCUT2D eigenvalue weighted by atomic mass is 10.0. The monoisotopic (exact) mass is 883 g/mol. The quantitative estimate of drug-likeness (QED) is 0.137. The van der Waals surface area contributed by atoms with Gasteiger partial charge >= 0.3 is 0 Å². The van der Waals surface area contributed by atoms with Crippen LogP contribution in [0.1, 0.15) is 0 Å². The Bertz CT molecular complexity index is 3560. The fourth-order valence-corrected chi connectivity index (χ4v) is 22.2. The summed E-state index contributed by atoms with van der Waals surface area (Å²) in [6.07, 6.45) is 0. The van der Waals surface area contributed by atoms with Crippen LogP contribution in [-0.4, -0.2) is 16.1 Å². The Kier molecular flexibility index (Phi) is 9.27. The van der Waals surface area contributed by atoms with E-state index in [0.717, 1.165) is 17.1 Å². The van der Waals surface area contributed by atoms with Crippen LogP contribution in [0.5, 0.6) is 0 Å². The van der Waals surface area contributed by atoms with E-state index in [1.54, 1.807) is 0 Å². The number of rotatable bonds is 8. The maximum atomic E-state index is 2.53. The van der Waals surface area contributed by atoms with Crippen molar-refractivity contribution in [3.63, 3.8) is 0 Å². The lowest BCUT2D eigenvalue weighted by Crippen LogP contribution is -2.72. The Morgan fingerprint density at radius 2 is 0.642 bits per heavy atom. The van der Waals surface area contributed by atoms with Crippen molar-refractivity contribution < 1.29 is 0 Å². The molecule has 0 amide bonds. The molecule has 0 saturated carbocycles. The summed E-state index contributed by atoms with van der Waals surface area (Å²) in [7, 11) is -5.34. The topological polar surface area (TPSA) is 3.24 Å². The molecule has 2 aliphatic heterocycles. The molecule has 0 atom stereocenters. The zero-order chi connectivity index (χ0) is 44.4. The maximum absolute atomic E-state index is 2.72. The van der Waals surface area contributed by atoms with Gasteiger partial charge in [0.1, 0.15) is 0 Å². The number of hydrogen-bond donors (Lipinski definition) is 0. The van der Waals surface area contributed by atoms with Gasteiger partial charge in [0.25, 0.3) is 0 Å². The molecule has 0 N–H and O–H groups in total. The molecular formula is C64H45NSi2. The third kappa shape index (κ3) is 5.99. The number of anilines is 3. The van der Waals surface area contributed by atoms with E-state index >= 15 is 0 Å². The van der Waals surface area contributed by atoms with Gasteiger partial charge in [-0.15, -0.1) is 0 Å². The SMILES string of the molecule is c1ccc([Si]2(c3cccc(-c4ccc(N(c5ccc6c(c5)[Si](c5ccccc5)(c5ccccc5)c5ccccc5-6)c5ccc6ccccc6c5)cc4)c3)c3ccccc3-c3ccccc32)cc1. The van der Waals surface area contributed by atoms with Crippen LogP contribution in [0, 0.1) is 0 Å². The average molecular weight is 884 g/mol. The largest absolute Gasteiger partial charge is 0.310 e. The van der Waals surface area contributed by atoms with Crippen molar-refractivity contribution in [1.29, 1.82) is 0 Å². The van der Waals surface area contributed by atoms with Crippen LogP contribution in [0.4, 0.5) is 17.1 Å². The van der Waals surface area contributed by atoms with E-state index in [2.05, 4.69) is 278 Å². The first-order valence-corrected chi connectivity index (χ1v) is 27.3. The van der Waals surface area contributed by atoms with Gasteiger partial charge in [-0.3, -0.25) is 0 Å². The molecule has 0 fully saturated rings. The van der Waals surface area contributed by atoms with E-state index in [-0.39, 0.29) is 0 Å². The van der Waals surface area contributed by atoms with Crippen molar-refractivity contribution in [3.8, 4) is 33.4 Å². The second kappa shape index (κ2) is 15.8. The molecule has 0 radical (unpaired) electrons. The Morgan fingerprint density at radius 3 is 1.21 bits per heavy atom. The van der Waals surface area contributed by atoms with Gasteiger partial charge in [0.2, 0.25) is 0 Å². The Balaban J connectivity index is 0.974. The number of hydrogen-bond acceptors (Lipinski definition) is 1. The van der Waals surface area contributed by atoms with Crippen molar-refractivity contribution in [3.05, 3.63) is 273 Å². The summed E-state index contributed by atoms with van der Waals surface area (Å²) in [6.45, 7) is 0. The predicted octanol–water partition coefficient (Wildman–Crippen LogP) is 10.7. The minimum absolute atomic E-state index is 1.12. The number of nitrogens with zero attached hydrogens (tertiary/aromatic N) is 1. The molecule has 0 saturated heterocycles. The molecule has 1 nitrogen and oxygen atoms in total. The van der Waals surface area contributed by atoms with Crippen LogP contribution >= 0.6 is 0 Å². The fraction of sp³-hybridized carbons (Fsp3) is 0. The Labute approximate surface area is 394 Å². The minimum atomic E-state index is -2.72. The van der Waals surface area contributed by atoms with E-state index in [1.807, 2.05) is 0 Å². The molecule has 11 aromatic rings. The first-order chi connectivity index (χ1) is 33.2. The summed E-state index contributed by atoms with van der Waals surface area (Å²) < 4.78 is 0. The zero-order valence-electron chi connectivity index (χ0n) is 36.9. The van der Waals surface area contributed by atoms with Gasteiger partial charge in [-0.1, -0.05) is 237 Å². The first kappa shape index (κ1) is 39.3. The summed E-state index contributed by atoms with van der Waals surface area (Å²) in [5, 5.41) is 13.9. The summed E-state index contributed by atoms with van der Waals surface area (Å²) in [5.41, 5.74) is 11.2. The van der Waals surface area contributed by atoms with E-state index in [1.165, 1.54) is 85.6 Å². The smallest absolute Gasteiger partial charge is 0.180 e. The standard InChI is InChI=1S/C64H45NSi2/c1-4-22-53(23-5-1)66(54-24-6-2-7-25-54)61-32-15-14-31-59(61)60-42-41-52(45-64(60)66)65(51-40-37-46-19-10-11-20-48(46)43-51)50-38-35-47(36-39-50)49-21-18-28-56(44-49)67(55-26-8-3-9-27-55)62-33-16-12-29-57(62)58-30-13-17-34-63(58)67/h1-45H. The van der Waals surface area contributed by atoms with Gasteiger partial charge in [0.15, 0.2) is 16.1 Å². The van der Waals surface area contributed by atoms with Crippen molar-refractivity contribution in [1.82, 2.24) is 0 Å². The highest BCUT2D eigenvalue weighted by Crippen LogP contribution is 2.40. The van der Waals surface area contributed by atoms with Gasteiger partial charge in [0.05, 0.1) is 0 Å². The van der Waals surface area contributed by atoms with Gasteiger partial charge in [-0.05, 0) is 122 Å². The van der Waals surface area contributed by atoms with Crippen molar-refractivity contribution in [2.24, 2.45) is 0 Å². The van der Waals surface area contributed by atoms with E-state index < -0.39 is 16.1 Å². The second-order valence-electron chi connectivity index (χ2n) is 18.0. The highest BCUT2D eigenvalue weighted by Gasteiger charge is 2.50. The Hall–Kier alpha value is -8.09. The van der Waals surface area contributed by atoms with Crippen molar-refractivity contribution in [2.75, 3.05) is 4.90 Å². The van der Waals surface area contributed by atoms with E-state index in [4.69, 9.17) is 0 Å². The Morgan fingerprint density at radius 1 is 0.224 bits per heavy atom. The second-order valence-corrected chi connectivity index (χ2v) is 25.4. The van der Waals surface area contributed by atoms with Gasteiger partial charge in [-0.2, -0.15) is 0 Å². The molecular weight excluding hydrogens is 839 g/mol. The van der Waals surface area contributed by atoms with Crippen molar-refractivity contribution >= 4 is 85.5 Å². The first-order valence-electron chi connectivity index (χ1n) is 23.3. The molecule has 314 valence electrons. The summed E-state index contributed by atoms with van der Waals surface area (Å²) in [5.74, 6) is 0. The molecule has 2 heterocycles. The van der Waals surface area contributed by atoms with Gasteiger partial charge < -0.3 is 4.90 Å². The van der Waals surface area contributed by atoms with Gasteiger partial charge in [0, 0.05) is 17.1 Å². The third-order valence-corrected chi connectivity index (χ3v) is 24.3. The molecule has 13 rings (SSSR count). The molecule has 2 aliphatic rings. The lowest BCUT2D eigenvalue weighted by molar-refractivity contribution is 1.29. The maximum Gasteiger partial charge on any atom is 0.180 e.